The highest BCUT2D eigenvalue weighted by Gasteiger charge is 2.06. The number of aryl methyl sites for hydroxylation is 1. The van der Waals surface area contributed by atoms with Gasteiger partial charge < -0.3 is 10.6 Å². The number of aromatic nitrogens is 1. The molecule has 1 aromatic heterocycles. The molecule has 2 aromatic rings. The van der Waals surface area contributed by atoms with E-state index < -0.39 is 0 Å². The zero-order valence-electron chi connectivity index (χ0n) is 12.5. The molecular weight excluding hydrogens is 262 g/mol. The van der Waals surface area contributed by atoms with Gasteiger partial charge in [-0.2, -0.15) is 0 Å². The first-order valence-electron chi connectivity index (χ1n) is 7.22. The average molecular weight is 283 g/mol. The maximum absolute atomic E-state index is 12.2. The van der Waals surface area contributed by atoms with Crippen LogP contribution in [0.5, 0.6) is 0 Å². The van der Waals surface area contributed by atoms with Crippen LogP contribution in [0, 0.1) is 6.92 Å². The van der Waals surface area contributed by atoms with E-state index in [9.17, 15) is 4.79 Å². The number of benzene rings is 1. The first-order chi connectivity index (χ1) is 10.2. The molecule has 0 atom stereocenters. The number of hydrogen-bond donors (Lipinski definition) is 2. The summed E-state index contributed by atoms with van der Waals surface area (Å²) in [5.41, 5.74) is 3.43. The Morgan fingerprint density at radius 2 is 2.10 bits per heavy atom. The van der Waals surface area contributed by atoms with E-state index in [1.807, 2.05) is 25.1 Å². The van der Waals surface area contributed by atoms with Gasteiger partial charge >= 0.3 is 0 Å². The molecule has 110 valence electrons. The Bertz CT molecular complexity index is 610. The minimum atomic E-state index is -0.112. The summed E-state index contributed by atoms with van der Waals surface area (Å²) in [5.74, 6) is -0.112. The summed E-state index contributed by atoms with van der Waals surface area (Å²) in [5, 5.41) is 6.27. The minimum Gasteiger partial charge on any atom is -0.322 e. The summed E-state index contributed by atoms with van der Waals surface area (Å²) in [6.07, 6.45) is 2.76. The molecule has 0 aliphatic heterocycles. The van der Waals surface area contributed by atoms with Crippen LogP contribution >= 0.6 is 0 Å². The van der Waals surface area contributed by atoms with Crippen molar-refractivity contribution in [1.29, 1.82) is 0 Å². The van der Waals surface area contributed by atoms with Gasteiger partial charge in [-0.05, 0) is 49.7 Å². The molecule has 0 radical (unpaired) electrons. The summed E-state index contributed by atoms with van der Waals surface area (Å²) in [6, 6.07) is 11.4. The topological polar surface area (TPSA) is 54.0 Å². The molecule has 0 aliphatic rings. The van der Waals surface area contributed by atoms with Crippen LogP contribution in [0.2, 0.25) is 0 Å². The number of pyridine rings is 1. The largest absolute Gasteiger partial charge is 0.322 e. The Hall–Kier alpha value is -2.20. The molecule has 0 saturated heterocycles. The molecule has 1 heterocycles. The van der Waals surface area contributed by atoms with Gasteiger partial charge in [-0.3, -0.25) is 9.78 Å². The summed E-state index contributed by atoms with van der Waals surface area (Å²) < 4.78 is 0. The second kappa shape index (κ2) is 7.55. The van der Waals surface area contributed by atoms with Crippen molar-refractivity contribution in [2.45, 2.75) is 26.8 Å². The van der Waals surface area contributed by atoms with Crippen LogP contribution in [0.15, 0.2) is 42.6 Å². The summed E-state index contributed by atoms with van der Waals surface area (Å²) >= 11 is 0. The van der Waals surface area contributed by atoms with E-state index in [4.69, 9.17) is 0 Å². The van der Waals surface area contributed by atoms with E-state index in [2.05, 4.69) is 28.6 Å². The molecule has 1 aromatic carbocycles. The predicted octanol–water partition coefficient (Wildman–Crippen LogP) is 3.14. The number of nitrogens with zero attached hydrogens (tertiary/aromatic N) is 1. The van der Waals surface area contributed by atoms with Gasteiger partial charge in [-0.15, -0.1) is 0 Å². The van der Waals surface area contributed by atoms with Gasteiger partial charge in [0.05, 0.1) is 0 Å². The standard InChI is InChI=1S/C17H21N3O/c1-3-8-18-12-14-5-4-6-16(11-14)20-17(21)15-7-9-19-13(2)10-15/h4-7,9-11,18H,3,8,12H2,1-2H3,(H,20,21). The Morgan fingerprint density at radius 1 is 1.24 bits per heavy atom. The maximum atomic E-state index is 12.2. The van der Waals surface area contributed by atoms with E-state index in [-0.39, 0.29) is 5.91 Å². The fourth-order valence-corrected chi connectivity index (χ4v) is 2.06. The molecule has 1 amide bonds. The lowest BCUT2D eigenvalue weighted by Crippen LogP contribution is -2.15. The molecule has 0 spiro atoms. The van der Waals surface area contributed by atoms with E-state index in [1.54, 1.807) is 18.3 Å². The number of amides is 1. The van der Waals surface area contributed by atoms with Gasteiger partial charge in [0, 0.05) is 29.7 Å². The van der Waals surface area contributed by atoms with Crippen molar-refractivity contribution >= 4 is 11.6 Å². The van der Waals surface area contributed by atoms with Crippen molar-refractivity contribution in [1.82, 2.24) is 10.3 Å². The smallest absolute Gasteiger partial charge is 0.255 e. The monoisotopic (exact) mass is 283 g/mol. The van der Waals surface area contributed by atoms with E-state index >= 15 is 0 Å². The zero-order chi connectivity index (χ0) is 15.1. The number of nitrogens with one attached hydrogen (secondary N) is 2. The lowest BCUT2D eigenvalue weighted by Gasteiger charge is -2.08. The third-order valence-electron chi connectivity index (χ3n) is 3.10. The van der Waals surface area contributed by atoms with Crippen LogP contribution in [-0.2, 0) is 6.54 Å². The zero-order valence-corrected chi connectivity index (χ0v) is 12.5. The fourth-order valence-electron chi connectivity index (χ4n) is 2.06. The van der Waals surface area contributed by atoms with Crippen LogP contribution in [0.25, 0.3) is 0 Å². The molecule has 21 heavy (non-hydrogen) atoms. The molecule has 0 aliphatic carbocycles. The third kappa shape index (κ3) is 4.68. The minimum absolute atomic E-state index is 0.112. The molecular formula is C17H21N3O. The van der Waals surface area contributed by atoms with E-state index in [0.717, 1.165) is 36.5 Å². The highest BCUT2D eigenvalue weighted by Crippen LogP contribution is 2.12. The van der Waals surface area contributed by atoms with E-state index in [0.29, 0.717) is 5.56 Å². The lowest BCUT2D eigenvalue weighted by atomic mass is 10.1. The maximum Gasteiger partial charge on any atom is 0.255 e. The van der Waals surface area contributed by atoms with Gasteiger partial charge in [-0.1, -0.05) is 19.1 Å². The van der Waals surface area contributed by atoms with Crippen molar-refractivity contribution < 1.29 is 4.79 Å². The first-order valence-corrected chi connectivity index (χ1v) is 7.22. The lowest BCUT2D eigenvalue weighted by molar-refractivity contribution is 0.102. The van der Waals surface area contributed by atoms with Crippen LogP contribution in [0.3, 0.4) is 0 Å². The number of carbonyl (C=O) groups is 1. The molecule has 0 unspecified atom stereocenters. The van der Waals surface area contributed by atoms with Crippen molar-refractivity contribution in [3.05, 3.63) is 59.4 Å². The second-order valence-electron chi connectivity index (χ2n) is 5.02. The number of anilines is 1. The van der Waals surface area contributed by atoms with E-state index in [1.165, 1.54) is 0 Å². The molecule has 4 heteroatoms. The van der Waals surface area contributed by atoms with Gasteiger partial charge in [0.25, 0.3) is 5.91 Å². The molecule has 0 bridgehead atoms. The first kappa shape index (κ1) is 15.2. The van der Waals surface area contributed by atoms with Gasteiger partial charge in [-0.25, -0.2) is 0 Å². The van der Waals surface area contributed by atoms with Gasteiger partial charge in [0.2, 0.25) is 0 Å². The highest BCUT2D eigenvalue weighted by atomic mass is 16.1. The van der Waals surface area contributed by atoms with Crippen LogP contribution in [0.1, 0.15) is 35.0 Å². The molecule has 0 saturated carbocycles. The summed E-state index contributed by atoms with van der Waals surface area (Å²) in [7, 11) is 0. The summed E-state index contributed by atoms with van der Waals surface area (Å²) in [6.45, 7) is 5.82. The SMILES string of the molecule is CCCNCc1cccc(NC(=O)c2ccnc(C)c2)c1. The molecule has 2 rings (SSSR count). The third-order valence-corrected chi connectivity index (χ3v) is 3.10. The van der Waals surface area contributed by atoms with Gasteiger partial charge in [0.1, 0.15) is 0 Å². The fraction of sp³-hybridized carbons (Fsp3) is 0.294. The summed E-state index contributed by atoms with van der Waals surface area (Å²) in [4.78, 5) is 16.3. The van der Waals surface area contributed by atoms with Crippen LogP contribution < -0.4 is 10.6 Å². The quantitative estimate of drug-likeness (QED) is 0.801. The average Bonchev–Trinajstić information content (AvgIpc) is 2.48. The van der Waals surface area contributed by atoms with Crippen molar-refractivity contribution in [3.63, 3.8) is 0 Å². The number of carbonyl (C=O) groups excluding carboxylic acids is 1. The molecule has 0 fully saturated rings. The second-order valence-corrected chi connectivity index (χ2v) is 5.02. The predicted molar refractivity (Wildman–Crippen MR) is 85.4 cm³/mol. The van der Waals surface area contributed by atoms with Crippen molar-refractivity contribution in [2.75, 3.05) is 11.9 Å². The van der Waals surface area contributed by atoms with Crippen LogP contribution in [0.4, 0.5) is 5.69 Å². The Balaban J connectivity index is 2.02. The van der Waals surface area contributed by atoms with Crippen molar-refractivity contribution in [2.24, 2.45) is 0 Å². The van der Waals surface area contributed by atoms with Gasteiger partial charge in [0.15, 0.2) is 0 Å². The van der Waals surface area contributed by atoms with Crippen molar-refractivity contribution in [3.8, 4) is 0 Å². The Kier molecular flexibility index (Phi) is 5.46. The highest BCUT2D eigenvalue weighted by molar-refractivity contribution is 6.04. The Morgan fingerprint density at radius 3 is 2.86 bits per heavy atom. The number of hydrogen-bond acceptors (Lipinski definition) is 3. The molecule has 2 N–H and O–H groups in total. The van der Waals surface area contributed by atoms with Crippen LogP contribution in [-0.4, -0.2) is 17.4 Å². The number of rotatable bonds is 6. The normalized spacial score (nSPS) is 10.4. The molecule has 4 nitrogen and oxygen atoms in total. The Labute approximate surface area is 125 Å².